The van der Waals surface area contributed by atoms with E-state index in [4.69, 9.17) is 0 Å². The van der Waals surface area contributed by atoms with E-state index in [1.807, 2.05) is 14.0 Å². The summed E-state index contributed by atoms with van der Waals surface area (Å²) in [6.07, 6.45) is 0.403. The van der Waals surface area contributed by atoms with Crippen LogP contribution < -0.4 is 10.2 Å². The minimum Gasteiger partial charge on any atom is -0.350 e. The Labute approximate surface area is 108 Å². The summed E-state index contributed by atoms with van der Waals surface area (Å²) < 4.78 is 13.5. The summed E-state index contributed by atoms with van der Waals surface area (Å²) >= 11 is 0. The molecule has 1 N–H and O–H groups in total. The van der Waals surface area contributed by atoms with Gasteiger partial charge in [0.25, 0.3) is 0 Å². The lowest BCUT2D eigenvalue weighted by Gasteiger charge is -2.35. The van der Waals surface area contributed by atoms with E-state index in [0.29, 0.717) is 17.9 Å². The van der Waals surface area contributed by atoms with Crippen molar-refractivity contribution in [3.8, 4) is 0 Å². The second kappa shape index (κ2) is 4.08. The number of carbonyl (C=O) groups excluding carboxylic acids is 1. The number of carbonyl (C=O) groups is 1. The first kappa shape index (κ1) is 11.7. The van der Waals surface area contributed by atoms with Crippen molar-refractivity contribution in [3.05, 3.63) is 5.69 Å². The second-order valence-electron chi connectivity index (χ2n) is 4.82. The Balaban J connectivity index is 2.09. The van der Waals surface area contributed by atoms with Crippen LogP contribution >= 0.6 is 0 Å². The lowest BCUT2D eigenvalue weighted by molar-refractivity contribution is -0.116. The van der Waals surface area contributed by atoms with Crippen LogP contribution in [0.5, 0.6) is 0 Å². The molecular formula is C11H16N4O2S. The van der Waals surface area contributed by atoms with Crippen LogP contribution in [0.3, 0.4) is 0 Å². The molecule has 18 heavy (non-hydrogen) atoms. The predicted molar refractivity (Wildman–Crippen MR) is 70.2 cm³/mol. The van der Waals surface area contributed by atoms with Crippen LogP contribution in [0.25, 0.3) is 0 Å². The van der Waals surface area contributed by atoms with Gasteiger partial charge in [0.05, 0.1) is 11.7 Å². The van der Waals surface area contributed by atoms with Crippen LogP contribution in [0.4, 0.5) is 11.5 Å². The van der Waals surface area contributed by atoms with Crippen LogP contribution in [0, 0.1) is 6.92 Å². The maximum Gasteiger partial charge on any atom is 0.226 e. The predicted octanol–water partition coefficient (Wildman–Crippen LogP) is 0.00802. The number of hydrogen-bond acceptors (Lipinski definition) is 4. The van der Waals surface area contributed by atoms with Crippen LogP contribution in [-0.4, -0.2) is 44.0 Å². The van der Waals surface area contributed by atoms with E-state index in [1.54, 1.807) is 4.68 Å². The quantitative estimate of drug-likeness (QED) is 0.719. The molecule has 7 heteroatoms. The third kappa shape index (κ3) is 1.73. The number of amides is 1. The standard InChI is InChI=1S/C11H16N4O2S/c1-7-10-11(14(2)13-7)15-3-4-18(17)6-8(15)5-9(16)12-10/h8H,3-6H2,1-2H3,(H,12,16). The molecule has 1 aromatic heterocycles. The highest BCUT2D eigenvalue weighted by molar-refractivity contribution is 7.85. The van der Waals surface area contributed by atoms with Crippen molar-refractivity contribution >= 4 is 28.2 Å². The summed E-state index contributed by atoms with van der Waals surface area (Å²) in [6.45, 7) is 2.61. The summed E-state index contributed by atoms with van der Waals surface area (Å²) in [5.41, 5.74) is 1.63. The Morgan fingerprint density at radius 1 is 1.50 bits per heavy atom. The fourth-order valence-corrected chi connectivity index (χ4v) is 4.04. The number of fused-ring (bicyclic) bond motifs is 3. The largest absolute Gasteiger partial charge is 0.350 e. The van der Waals surface area contributed by atoms with Gasteiger partial charge in [0.15, 0.2) is 5.82 Å². The van der Waals surface area contributed by atoms with Crippen molar-refractivity contribution in [1.82, 2.24) is 9.78 Å². The van der Waals surface area contributed by atoms with Crippen molar-refractivity contribution < 1.29 is 9.00 Å². The Morgan fingerprint density at radius 3 is 3.06 bits per heavy atom. The fourth-order valence-electron chi connectivity index (χ4n) is 2.74. The molecule has 6 nitrogen and oxygen atoms in total. The van der Waals surface area contributed by atoms with E-state index in [2.05, 4.69) is 15.3 Å². The molecule has 3 rings (SSSR count). The van der Waals surface area contributed by atoms with E-state index < -0.39 is 10.8 Å². The molecule has 0 radical (unpaired) electrons. The van der Waals surface area contributed by atoms with Crippen molar-refractivity contribution in [2.45, 2.75) is 19.4 Å². The molecule has 0 bridgehead atoms. The molecule has 1 fully saturated rings. The summed E-state index contributed by atoms with van der Waals surface area (Å²) in [4.78, 5) is 14.1. The average Bonchev–Trinajstić information content (AvgIpc) is 2.49. The monoisotopic (exact) mass is 268 g/mol. The first-order valence-electron chi connectivity index (χ1n) is 6.01. The first-order chi connectivity index (χ1) is 8.56. The van der Waals surface area contributed by atoms with Gasteiger partial charge in [-0.1, -0.05) is 0 Å². The van der Waals surface area contributed by atoms with E-state index >= 15 is 0 Å². The minimum atomic E-state index is -0.809. The highest BCUT2D eigenvalue weighted by Gasteiger charge is 2.35. The molecule has 0 aliphatic carbocycles. The molecule has 98 valence electrons. The van der Waals surface area contributed by atoms with E-state index in [9.17, 15) is 9.00 Å². The summed E-state index contributed by atoms with van der Waals surface area (Å²) in [5.74, 6) is 2.16. The maximum atomic E-state index is 11.9. The number of nitrogens with one attached hydrogen (secondary N) is 1. The van der Waals surface area contributed by atoms with Gasteiger partial charge < -0.3 is 10.2 Å². The molecule has 1 aromatic rings. The molecule has 0 aromatic carbocycles. The normalized spacial score (nSPS) is 27.2. The molecule has 1 saturated heterocycles. The number of aryl methyl sites for hydroxylation is 2. The first-order valence-corrected chi connectivity index (χ1v) is 7.50. The molecule has 2 atom stereocenters. The van der Waals surface area contributed by atoms with Gasteiger partial charge in [0, 0.05) is 42.3 Å². The highest BCUT2D eigenvalue weighted by Crippen LogP contribution is 2.34. The summed E-state index contributed by atoms with van der Waals surface area (Å²) in [5, 5.41) is 7.28. The van der Waals surface area contributed by atoms with Crippen LogP contribution in [0.2, 0.25) is 0 Å². The Hall–Kier alpha value is -1.37. The van der Waals surface area contributed by atoms with Gasteiger partial charge in [-0.3, -0.25) is 13.7 Å². The van der Waals surface area contributed by atoms with Crippen LogP contribution in [-0.2, 0) is 22.6 Å². The molecule has 0 spiro atoms. The third-order valence-electron chi connectivity index (χ3n) is 3.53. The second-order valence-corrected chi connectivity index (χ2v) is 6.44. The molecule has 3 heterocycles. The number of anilines is 2. The van der Waals surface area contributed by atoms with Gasteiger partial charge in [-0.25, -0.2) is 0 Å². The van der Waals surface area contributed by atoms with Gasteiger partial charge in [-0.05, 0) is 6.92 Å². The zero-order valence-corrected chi connectivity index (χ0v) is 11.3. The number of aromatic nitrogens is 2. The third-order valence-corrected chi connectivity index (χ3v) is 4.92. The number of hydrogen-bond donors (Lipinski definition) is 1. The van der Waals surface area contributed by atoms with Crippen LogP contribution in [0.1, 0.15) is 12.1 Å². The maximum absolute atomic E-state index is 11.9. The van der Waals surface area contributed by atoms with E-state index in [1.165, 1.54) is 0 Å². The zero-order valence-electron chi connectivity index (χ0n) is 10.5. The van der Waals surface area contributed by atoms with Gasteiger partial charge in [-0.15, -0.1) is 0 Å². The van der Waals surface area contributed by atoms with Gasteiger partial charge in [0.2, 0.25) is 5.91 Å². The van der Waals surface area contributed by atoms with Gasteiger partial charge in [-0.2, -0.15) is 5.10 Å². The topological polar surface area (TPSA) is 67.2 Å². The van der Waals surface area contributed by atoms with Crippen molar-refractivity contribution in [2.24, 2.45) is 7.05 Å². The van der Waals surface area contributed by atoms with Crippen LogP contribution in [0.15, 0.2) is 0 Å². The summed E-state index contributed by atoms with van der Waals surface area (Å²) in [7, 11) is 1.07. The van der Waals surface area contributed by atoms with Gasteiger partial charge >= 0.3 is 0 Å². The summed E-state index contributed by atoms with van der Waals surface area (Å²) in [6, 6.07) is 0.0237. The zero-order chi connectivity index (χ0) is 12.9. The minimum absolute atomic E-state index is 0.0150. The van der Waals surface area contributed by atoms with Crippen molar-refractivity contribution in [3.63, 3.8) is 0 Å². The Bertz CT molecular complexity index is 539. The molecule has 0 saturated carbocycles. The van der Waals surface area contributed by atoms with Crippen molar-refractivity contribution in [1.29, 1.82) is 0 Å². The SMILES string of the molecule is Cc1nn(C)c2c1NC(=O)CC1CS(=O)CCN21. The van der Waals surface area contributed by atoms with Gasteiger partial charge in [0.1, 0.15) is 5.69 Å². The molecule has 1 amide bonds. The molecule has 2 aliphatic heterocycles. The number of rotatable bonds is 0. The van der Waals surface area contributed by atoms with Crippen molar-refractivity contribution in [2.75, 3.05) is 28.3 Å². The smallest absolute Gasteiger partial charge is 0.226 e. The average molecular weight is 268 g/mol. The fraction of sp³-hybridized carbons (Fsp3) is 0.636. The lowest BCUT2D eigenvalue weighted by Crippen LogP contribution is -2.47. The lowest BCUT2D eigenvalue weighted by atomic mass is 10.2. The number of nitrogens with zero attached hydrogens (tertiary/aromatic N) is 3. The molecular weight excluding hydrogens is 252 g/mol. The molecule has 2 aliphatic rings. The Morgan fingerprint density at radius 2 is 2.28 bits per heavy atom. The highest BCUT2D eigenvalue weighted by atomic mass is 32.2. The van der Waals surface area contributed by atoms with E-state index in [-0.39, 0.29) is 11.9 Å². The van der Waals surface area contributed by atoms with E-state index in [0.717, 1.165) is 23.7 Å². The Kier molecular flexibility index (Phi) is 2.65. The molecule has 2 unspecified atom stereocenters.